The second-order valence-corrected chi connectivity index (χ2v) is 9.97. The molecule has 3 heteroatoms. The molecule has 0 unspecified atom stereocenters. The third-order valence-corrected chi connectivity index (χ3v) is 3.86. The van der Waals surface area contributed by atoms with Gasteiger partial charge in [0.15, 0.2) is 0 Å². The van der Waals surface area contributed by atoms with Gasteiger partial charge in [0.2, 0.25) is 8.32 Å². The maximum atomic E-state index is 6.06. The zero-order chi connectivity index (χ0) is 10.9. The molecule has 15 heavy (non-hydrogen) atoms. The second-order valence-electron chi connectivity index (χ2n) is 4.63. The standard InChI is InChI=1S/C12H16OSSi/c1-15(2,3)13-11-8-9-14-12(11)10-6-4-5-7-10/h4,6-9H,5H2,1-3H3. The van der Waals surface area contributed by atoms with Gasteiger partial charge in [-0.05, 0) is 43.1 Å². The van der Waals surface area contributed by atoms with E-state index in [1.165, 1.54) is 10.5 Å². The molecule has 0 atom stereocenters. The summed E-state index contributed by atoms with van der Waals surface area (Å²) < 4.78 is 6.06. The fraction of sp³-hybridized carbons (Fsp3) is 0.333. The third kappa shape index (κ3) is 2.61. The molecule has 0 aromatic carbocycles. The summed E-state index contributed by atoms with van der Waals surface area (Å²) in [6.07, 6.45) is 7.68. The molecule has 0 radical (unpaired) electrons. The summed E-state index contributed by atoms with van der Waals surface area (Å²) in [5, 5.41) is 2.11. The average Bonchev–Trinajstić information content (AvgIpc) is 2.68. The maximum absolute atomic E-state index is 6.06. The number of thiophene rings is 1. The molecule has 1 aromatic heterocycles. The Labute approximate surface area is 96.2 Å². The summed E-state index contributed by atoms with van der Waals surface area (Å²) >= 11 is 1.77. The van der Waals surface area contributed by atoms with E-state index >= 15 is 0 Å². The van der Waals surface area contributed by atoms with E-state index in [2.05, 4.69) is 49.3 Å². The Morgan fingerprint density at radius 3 is 2.73 bits per heavy atom. The molecule has 0 spiro atoms. The van der Waals surface area contributed by atoms with Gasteiger partial charge in [0.25, 0.3) is 0 Å². The first-order chi connectivity index (χ1) is 7.06. The largest absolute Gasteiger partial charge is 0.543 e. The van der Waals surface area contributed by atoms with Gasteiger partial charge in [-0.3, -0.25) is 0 Å². The van der Waals surface area contributed by atoms with Crippen LogP contribution in [0.4, 0.5) is 0 Å². The second kappa shape index (κ2) is 3.98. The quantitative estimate of drug-likeness (QED) is 0.711. The fourth-order valence-corrected chi connectivity index (χ4v) is 3.29. The van der Waals surface area contributed by atoms with E-state index in [4.69, 9.17) is 4.43 Å². The van der Waals surface area contributed by atoms with Crippen LogP contribution in [0.3, 0.4) is 0 Å². The monoisotopic (exact) mass is 236 g/mol. The predicted octanol–water partition coefficient (Wildman–Crippen LogP) is 4.31. The van der Waals surface area contributed by atoms with Crippen LogP contribution in [-0.2, 0) is 0 Å². The molecule has 2 rings (SSSR count). The fourth-order valence-electron chi connectivity index (χ4n) is 1.54. The Balaban J connectivity index is 2.26. The number of rotatable bonds is 3. The average molecular weight is 236 g/mol. The molecule has 1 heterocycles. The third-order valence-electron chi connectivity index (χ3n) is 2.08. The molecule has 1 nitrogen and oxygen atoms in total. The van der Waals surface area contributed by atoms with Crippen molar-refractivity contribution in [1.82, 2.24) is 0 Å². The lowest BCUT2D eigenvalue weighted by atomic mass is 10.2. The van der Waals surface area contributed by atoms with E-state index < -0.39 is 8.32 Å². The molecule has 0 amide bonds. The molecule has 0 fully saturated rings. The minimum Gasteiger partial charge on any atom is -0.543 e. The van der Waals surface area contributed by atoms with Gasteiger partial charge < -0.3 is 4.43 Å². The number of allylic oxidation sites excluding steroid dienone is 4. The van der Waals surface area contributed by atoms with E-state index in [-0.39, 0.29) is 0 Å². The lowest BCUT2D eigenvalue weighted by molar-refractivity contribution is 0.559. The Morgan fingerprint density at radius 1 is 1.33 bits per heavy atom. The van der Waals surface area contributed by atoms with Crippen molar-refractivity contribution in [1.29, 1.82) is 0 Å². The summed E-state index contributed by atoms with van der Waals surface area (Å²) in [5.41, 5.74) is 1.32. The van der Waals surface area contributed by atoms with Crippen molar-refractivity contribution in [2.24, 2.45) is 0 Å². The van der Waals surface area contributed by atoms with Gasteiger partial charge in [0.05, 0.1) is 4.88 Å². The lowest BCUT2D eigenvalue weighted by Gasteiger charge is -2.19. The van der Waals surface area contributed by atoms with Gasteiger partial charge in [-0.15, -0.1) is 11.3 Å². The van der Waals surface area contributed by atoms with Crippen LogP contribution in [0.2, 0.25) is 19.6 Å². The maximum Gasteiger partial charge on any atom is 0.242 e. The highest BCUT2D eigenvalue weighted by Crippen LogP contribution is 2.35. The molecule has 0 aliphatic heterocycles. The van der Waals surface area contributed by atoms with Crippen molar-refractivity contribution in [3.63, 3.8) is 0 Å². The van der Waals surface area contributed by atoms with Crippen LogP contribution in [0.15, 0.2) is 29.7 Å². The zero-order valence-corrected chi connectivity index (χ0v) is 11.2. The van der Waals surface area contributed by atoms with Crippen molar-refractivity contribution < 1.29 is 4.43 Å². The van der Waals surface area contributed by atoms with E-state index in [9.17, 15) is 0 Å². The summed E-state index contributed by atoms with van der Waals surface area (Å²) in [6.45, 7) is 6.65. The van der Waals surface area contributed by atoms with Gasteiger partial charge in [-0.1, -0.05) is 18.2 Å². The highest BCUT2D eigenvalue weighted by molar-refractivity contribution is 7.11. The summed E-state index contributed by atoms with van der Waals surface area (Å²) in [6, 6.07) is 2.09. The van der Waals surface area contributed by atoms with E-state index in [0.29, 0.717) is 0 Å². The number of hydrogen-bond donors (Lipinski definition) is 0. The molecule has 1 aromatic rings. The molecule has 1 aliphatic rings. The lowest BCUT2D eigenvalue weighted by Crippen LogP contribution is -2.29. The van der Waals surface area contributed by atoms with Gasteiger partial charge in [0.1, 0.15) is 5.75 Å². The topological polar surface area (TPSA) is 9.23 Å². The highest BCUT2D eigenvalue weighted by Gasteiger charge is 2.20. The Bertz CT molecular complexity index is 410. The Hall–Kier alpha value is -0.803. The molecule has 80 valence electrons. The first-order valence-corrected chi connectivity index (χ1v) is 9.49. The van der Waals surface area contributed by atoms with Crippen molar-refractivity contribution in [2.75, 3.05) is 0 Å². The van der Waals surface area contributed by atoms with Crippen molar-refractivity contribution in [3.8, 4) is 5.75 Å². The summed E-state index contributed by atoms with van der Waals surface area (Å²) in [4.78, 5) is 1.28. The Kier molecular flexibility index (Phi) is 2.84. The minimum absolute atomic E-state index is 1.06. The van der Waals surface area contributed by atoms with Crippen LogP contribution >= 0.6 is 11.3 Å². The first kappa shape index (κ1) is 10.7. The SMILES string of the molecule is C[Si](C)(C)Oc1ccsc1C1=CCC=C1. The minimum atomic E-state index is -1.49. The highest BCUT2D eigenvalue weighted by atomic mass is 32.1. The predicted molar refractivity (Wildman–Crippen MR) is 70.0 cm³/mol. The number of hydrogen-bond acceptors (Lipinski definition) is 2. The normalized spacial score (nSPS) is 15.5. The van der Waals surface area contributed by atoms with Crippen LogP contribution in [0.5, 0.6) is 5.75 Å². The summed E-state index contributed by atoms with van der Waals surface area (Å²) in [7, 11) is -1.49. The van der Waals surface area contributed by atoms with Crippen LogP contribution in [0.1, 0.15) is 11.3 Å². The van der Waals surface area contributed by atoms with Gasteiger partial charge in [-0.2, -0.15) is 0 Å². The zero-order valence-electron chi connectivity index (χ0n) is 9.41. The van der Waals surface area contributed by atoms with E-state index in [0.717, 1.165) is 12.2 Å². The molecular formula is C12H16OSSi. The van der Waals surface area contributed by atoms with Crippen LogP contribution in [0.25, 0.3) is 5.57 Å². The van der Waals surface area contributed by atoms with Crippen molar-refractivity contribution in [2.45, 2.75) is 26.1 Å². The molecule has 0 saturated heterocycles. The van der Waals surface area contributed by atoms with Crippen molar-refractivity contribution in [3.05, 3.63) is 34.6 Å². The van der Waals surface area contributed by atoms with E-state index in [1.807, 2.05) is 0 Å². The van der Waals surface area contributed by atoms with Gasteiger partial charge in [-0.25, -0.2) is 0 Å². The molecule has 1 aliphatic carbocycles. The summed E-state index contributed by atoms with van der Waals surface area (Å²) in [5.74, 6) is 1.07. The smallest absolute Gasteiger partial charge is 0.242 e. The molecule has 0 N–H and O–H groups in total. The Morgan fingerprint density at radius 2 is 2.13 bits per heavy atom. The van der Waals surface area contributed by atoms with Crippen LogP contribution in [0, 0.1) is 0 Å². The van der Waals surface area contributed by atoms with Crippen LogP contribution < -0.4 is 4.43 Å². The van der Waals surface area contributed by atoms with Crippen LogP contribution in [-0.4, -0.2) is 8.32 Å². The van der Waals surface area contributed by atoms with Gasteiger partial charge in [0, 0.05) is 0 Å². The molecule has 0 saturated carbocycles. The molecular weight excluding hydrogens is 220 g/mol. The van der Waals surface area contributed by atoms with E-state index in [1.54, 1.807) is 11.3 Å². The first-order valence-electron chi connectivity index (χ1n) is 5.20. The molecule has 0 bridgehead atoms. The van der Waals surface area contributed by atoms with Crippen molar-refractivity contribution >= 4 is 25.2 Å². The van der Waals surface area contributed by atoms with Gasteiger partial charge >= 0.3 is 0 Å².